The highest BCUT2D eigenvalue weighted by atomic mass is 32.2. The highest BCUT2D eigenvalue weighted by Gasteiger charge is 2.06. The first-order valence-electron chi connectivity index (χ1n) is 8.66. The van der Waals surface area contributed by atoms with Crippen LogP contribution in [0.25, 0.3) is 11.1 Å². The molecule has 0 aliphatic rings. The van der Waals surface area contributed by atoms with E-state index in [0.29, 0.717) is 6.42 Å². The lowest BCUT2D eigenvalue weighted by Crippen LogP contribution is -1.97. The van der Waals surface area contributed by atoms with Gasteiger partial charge in [0.1, 0.15) is 0 Å². The zero-order chi connectivity index (χ0) is 20.6. The molecule has 3 aromatic rings. The highest BCUT2D eigenvalue weighted by molar-refractivity contribution is 7.85. The summed E-state index contributed by atoms with van der Waals surface area (Å²) in [7, 11) is -4.02. The van der Waals surface area contributed by atoms with Gasteiger partial charge in [-0.1, -0.05) is 72.3 Å². The molecule has 0 bridgehead atoms. The van der Waals surface area contributed by atoms with E-state index in [1.54, 1.807) is 12.1 Å². The number of rotatable bonds is 5. The van der Waals surface area contributed by atoms with Crippen LogP contribution in [0.3, 0.4) is 0 Å². The Labute approximate surface area is 165 Å². The van der Waals surface area contributed by atoms with Gasteiger partial charge in [-0.2, -0.15) is 8.42 Å². The molecular formula is C22H22O5S. The van der Waals surface area contributed by atoms with Gasteiger partial charge in [-0.25, -0.2) is 0 Å². The number of aryl methyl sites for hydroxylation is 2. The van der Waals surface area contributed by atoms with Crippen LogP contribution in [-0.2, 0) is 21.3 Å². The molecule has 0 saturated carbocycles. The minimum absolute atomic E-state index is 0.0666. The molecule has 0 spiro atoms. The van der Waals surface area contributed by atoms with E-state index >= 15 is 0 Å². The summed E-state index contributed by atoms with van der Waals surface area (Å²) in [6, 6.07) is 24.2. The predicted molar refractivity (Wildman–Crippen MR) is 109 cm³/mol. The summed E-state index contributed by atoms with van der Waals surface area (Å²) in [6.07, 6.45) is 0.773. The number of aliphatic carboxylic acids is 1. The normalized spacial score (nSPS) is 10.6. The van der Waals surface area contributed by atoms with Crippen LogP contribution in [0.1, 0.15) is 17.5 Å². The molecule has 3 rings (SSSR count). The first kappa shape index (κ1) is 21.3. The van der Waals surface area contributed by atoms with Gasteiger partial charge in [0.05, 0.1) is 4.90 Å². The van der Waals surface area contributed by atoms with E-state index < -0.39 is 16.1 Å². The summed E-state index contributed by atoms with van der Waals surface area (Å²) in [5, 5.41) is 8.61. The zero-order valence-electron chi connectivity index (χ0n) is 15.4. The minimum Gasteiger partial charge on any atom is -0.481 e. The summed E-state index contributed by atoms with van der Waals surface area (Å²) in [5.74, 6) is -0.753. The van der Waals surface area contributed by atoms with Gasteiger partial charge in [-0.05, 0) is 42.2 Å². The second-order valence-electron chi connectivity index (χ2n) is 6.24. The van der Waals surface area contributed by atoms with Crippen LogP contribution in [0, 0.1) is 6.92 Å². The summed E-state index contributed by atoms with van der Waals surface area (Å²) < 4.78 is 29.6. The van der Waals surface area contributed by atoms with Crippen LogP contribution in [0.4, 0.5) is 0 Å². The lowest BCUT2D eigenvalue weighted by atomic mass is 10.0. The number of benzene rings is 3. The monoisotopic (exact) mass is 398 g/mol. The second kappa shape index (κ2) is 9.82. The summed E-state index contributed by atoms with van der Waals surface area (Å²) in [5.41, 5.74) is 4.35. The molecular weight excluding hydrogens is 376 g/mol. The lowest BCUT2D eigenvalue weighted by molar-refractivity contribution is -0.136. The Morgan fingerprint density at radius 1 is 0.821 bits per heavy atom. The van der Waals surface area contributed by atoms with Crippen molar-refractivity contribution in [1.29, 1.82) is 0 Å². The van der Waals surface area contributed by atoms with Crippen LogP contribution >= 0.6 is 0 Å². The van der Waals surface area contributed by atoms with Gasteiger partial charge in [-0.15, -0.1) is 0 Å². The Kier molecular flexibility index (Phi) is 7.49. The van der Waals surface area contributed by atoms with Crippen molar-refractivity contribution in [3.63, 3.8) is 0 Å². The Morgan fingerprint density at radius 2 is 1.36 bits per heavy atom. The smallest absolute Gasteiger partial charge is 0.303 e. The van der Waals surface area contributed by atoms with Gasteiger partial charge in [0, 0.05) is 6.42 Å². The Bertz CT molecular complexity index is 993. The quantitative estimate of drug-likeness (QED) is 0.612. The van der Waals surface area contributed by atoms with E-state index in [4.69, 9.17) is 9.66 Å². The average molecular weight is 398 g/mol. The number of hydrogen-bond acceptors (Lipinski definition) is 3. The number of carboxylic acid groups (broad SMARTS) is 1. The molecule has 3 aromatic carbocycles. The van der Waals surface area contributed by atoms with Crippen LogP contribution in [-0.4, -0.2) is 24.0 Å². The average Bonchev–Trinajstić information content (AvgIpc) is 2.68. The largest absolute Gasteiger partial charge is 0.481 e. The van der Waals surface area contributed by atoms with E-state index in [-0.39, 0.29) is 11.3 Å². The first-order chi connectivity index (χ1) is 13.3. The van der Waals surface area contributed by atoms with E-state index in [0.717, 1.165) is 16.7 Å². The number of hydrogen-bond donors (Lipinski definition) is 2. The molecule has 146 valence electrons. The van der Waals surface area contributed by atoms with Crippen molar-refractivity contribution >= 4 is 16.1 Å². The van der Waals surface area contributed by atoms with E-state index in [2.05, 4.69) is 12.1 Å². The summed E-state index contributed by atoms with van der Waals surface area (Å²) in [4.78, 5) is 10.4. The fourth-order valence-corrected chi connectivity index (χ4v) is 2.94. The molecule has 0 heterocycles. The van der Waals surface area contributed by atoms with Gasteiger partial charge >= 0.3 is 5.97 Å². The third-order valence-electron chi connectivity index (χ3n) is 4.01. The molecule has 0 amide bonds. The van der Waals surface area contributed by atoms with E-state index in [1.165, 1.54) is 17.7 Å². The summed E-state index contributed by atoms with van der Waals surface area (Å²) in [6.45, 7) is 1.84. The SMILES string of the molecule is Cc1ccc(S(=O)(=O)O)cc1.O=C(O)CCc1ccc(-c2ccccc2)cc1. The van der Waals surface area contributed by atoms with Gasteiger partial charge in [0.2, 0.25) is 0 Å². The lowest BCUT2D eigenvalue weighted by Gasteiger charge is -2.03. The van der Waals surface area contributed by atoms with Gasteiger partial charge in [0.15, 0.2) is 0 Å². The molecule has 6 heteroatoms. The molecule has 2 N–H and O–H groups in total. The number of carbonyl (C=O) groups is 1. The Morgan fingerprint density at radius 3 is 1.86 bits per heavy atom. The minimum atomic E-state index is -4.02. The van der Waals surface area contributed by atoms with Crippen LogP contribution in [0.2, 0.25) is 0 Å². The molecule has 0 aliphatic heterocycles. The number of carboxylic acids is 1. The van der Waals surface area contributed by atoms with Crippen molar-refractivity contribution in [3.05, 3.63) is 90.0 Å². The molecule has 0 aromatic heterocycles. The van der Waals surface area contributed by atoms with E-state index in [1.807, 2.05) is 49.4 Å². The topological polar surface area (TPSA) is 91.7 Å². The van der Waals surface area contributed by atoms with Crippen LogP contribution in [0.5, 0.6) is 0 Å². The maximum atomic E-state index is 10.5. The maximum Gasteiger partial charge on any atom is 0.303 e. The van der Waals surface area contributed by atoms with Crippen LogP contribution < -0.4 is 0 Å². The maximum absolute atomic E-state index is 10.5. The van der Waals surface area contributed by atoms with Crippen molar-refractivity contribution in [1.82, 2.24) is 0 Å². The van der Waals surface area contributed by atoms with Crippen LogP contribution in [0.15, 0.2) is 83.8 Å². The molecule has 0 fully saturated rings. The molecule has 0 radical (unpaired) electrons. The summed E-state index contributed by atoms with van der Waals surface area (Å²) >= 11 is 0. The molecule has 5 nitrogen and oxygen atoms in total. The standard InChI is InChI=1S/C15H14O2.C7H8O3S/c16-15(17)11-8-12-6-9-14(10-7-12)13-4-2-1-3-5-13;1-6-2-4-7(5-3-6)11(8,9)10/h1-7,9-10H,8,11H2,(H,16,17);2-5H,1H3,(H,8,9,10). The Balaban J connectivity index is 0.000000221. The second-order valence-corrected chi connectivity index (χ2v) is 7.67. The highest BCUT2D eigenvalue weighted by Crippen LogP contribution is 2.19. The third-order valence-corrected chi connectivity index (χ3v) is 4.88. The fraction of sp³-hybridized carbons (Fsp3) is 0.136. The fourth-order valence-electron chi connectivity index (χ4n) is 2.46. The predicted octanol–water partition coefficient (Wildman–Crippen LogP) is 4.61. The van der Waals surface area contributed by atoms with Crippen molar-refractivity contribution in [3.8, 4) is 11.1 Å². The van der Waals surface area contributed by atoms with Gasteiger partial charge in [0.25, 0.3) is 10.1 Å². The Hall–Kier alpha value is -2.96. The van der Waals surface area contributed by atoms with Gasteiger partial charge < -0.3 is 5.11 Å². The molecule has 0 aliphatic carbocycles. The van der Waals surface area contributed by atoms with Crippen molar-refractivity contribution in [2.45, 2.75) is 24.7 Å². The van der Waals surface area contributed by atoms with Crippen molar-refractivity contribution < 1.29 is 22.9 Å². The van der Waals surface area contributed by atoms with Crippen molar-refractivity contribution in [2.75, 3.05) is 0 Å². The third kappa shape index (κ3) is 6.98. The van der Waals surface area contributed by atoms with Gasteiger partial charge in [-0.3, -0.25) is 9.35 Å². The van der Waals surface area contributed by atoms with Crippen molar-refractivity contribution in [2.24, 2.45) is 0 Å². The van der Waals surface area contributed by atoms with E-state index in [9.17, 15) is 13.2 Å². The first-order valence-corrected chi connectivity index (χ1v) is 10.1. The zero-order valence-corrected chi connectivity index (χ0v) is 16.3. The molecule has 0 atom stereocenters. The molecule has 0 saturated heterocycles. The molecule has 28 heavy (non-hydrogen) atoms. The molecule has 0 unspecified atom stereocenters.